The molecule has 1 fully saturated rings. The Kier molecular flexibility index (Phi) is 3.92. The molecule has 0 N–H and O–H groups in total. The number of carbonyl (C=O) groups excluding carboxylic acids is 1. The molecule has 3 rings (SSSR count). The fraction of sp³-hybridized carbons (Fsp3) is 0.733. The van der Waals surface area contributed by atoms with Gasteiger partial charge in [0, 0.05) is 30.8 Å². The summed E-state index contributed by atoms with van der Waals surface area (Å²) in [6, 6.07) is 0. The molecule has 1 amide bonds. The van der Waals surface area contributed by atoms with Crippen LogP contribution in [0.25, 0.3) is 0 Å². The number of carbonyl (C=O) groups is 1. The predicted molar refractivity (Wildman–Crippen MR) is 88.0 cm³/mol. The summed E-state index contributed by atoms with van der Waals surface area (Å²) in [5.74, 6) is 0.814. The highest BCUT2D eigenvalue weighted by molar-refractivity contribution is 14.1. The highest BCUT2D eigenvalue weighted by Crippen LogP contribution is 2.33. The lowest BCUT2D eigenvalue weighted by molar-refractivity contribution is 0.0222. The summed E-state index contributed by atoms with van der Waals surface area (Å²) in [6.07, 6.45) is 3.31. The van der Waals surface area contributed by atoms with E-state index < -0.39 is 5.60 Å². The molecular formula is C15H22IN3O2. The maximum absolute atomic E-state index is 12.2. The fourth-order valence-electron chi connectivity index (χ4n) is 2.63. The van der Waals surface area contributed by atoms with Crippen LogP contribution in [0.15, 0.2) is 0 Å². The van der Waals surface area contributed by atoms with Crippen LogP contribution in [0.3, 0.4) is 0 Å². The van der Waals surface area contributed by atoms with Gasteiger partial charge in [-0.3, -0.25) is 4.68 Å². The molecule has 1 aromatic rings. The molecule has 0 aromatic carbocycles. The molecule has 21 heavy (non-hydrogen) atoms. The Hall–Kier alpha value is -0.790. The van der Waals surface area contributed by atoms with Gasteiger partial charge in [0.1, 0.15) is 9.30 Å². The van der Waals surface area contributed by atoms with E-state index in [-0.39, 0.29) is 6.09 Å². The molecule has 6 heteroatoms. The van der Waals surface area contributed by atoms with E-state index in [0.29, 0.717) is 13.1 Å². The maximum atomic E-state index is 12.2. The SMILES string of the molecule is CC(C)(C)OC(=O)N1CCc2c(c(I)nn2CC2CC2)C1. The summed E-state index contributed by atoms with van der Waals surface area (Å²) in [7, 11) is 0. The smallest absolute Gasteiger partial charge is 0.410 e. The summed E-state index contributed by atoms with van der Waals surface area (Å²) >= 11 is 2.28. The normalized spacial score (nSPS) is 18.6. The van der Waals surface area contributed by atoms with Gasteiger partial charge in [-0.25, -0.2) is 4.79 Å². The van der Waals surface area contributed by atoms with Crippen LogP contribution in [0.2, 0.25) is 0 Å². The van der Waals surface area contributed by atoms with E-state index in [0.717, 1.165) is 22.6 Å². The van der Waals surface area contributed by atoms with Crippen LogP contribution >= 0.6 is 22.6 Å². The third kappa shape index (κ3) is 3.52. The molecule has 1 saturated carbocycles. The molecular weight excluding hydrogens is 381 g/mol. The summed E-state index contributed by atoms with van der Waals surface area (Å²) < 4.78 is 8.66. The van der Waals surface area contributed by atoms with Crippen LogP contribution in [-0.4, -0.2) is 32.9 Å². The van der Waals surface area contributed by atoms with Crippen LogP contribution in [0.4, 0.5) is 4.79 Å². The van der Waals surface area contributed by atoms with E-state index in [2.05, 4.69) is 32.4 Å². The van der Waals surface area contributed by atoms with Gasteiger partial charge < -0.3 is 9.64 Å². The second-order valence-corrected chi connectivity index (χ2v) is 8.02. The topological polar surface area (TPSA) is 47.4 Å². The quantitative estimate of drug-likeness (QED) is 0.713. The Balaban J connectivity index is 1.73. The van der Waals surface area contributed by atoms with Crippen LogP contribution in [0.1, 0.15) is 44.9 Å². The Bertz CT molecular complexity index is 558. The van der Waals surface area contributed by atoms with Crippen molar-refractivity contribution in [2.75, 3.05) is 6.54 Å². The minimum atomic E-state index is -0.444. The first-order chi connectivity index (χ1) is 9.83. The number of hydrogen-bond donors (Lipinski definition) is 0. The monoisotopic (exact) mass is 403 g/mol. The van der Waals surface area contributed by atoms with Crippen molar-refractivity contribution < 1.29 is 9.53 Å². The standard InChI is InChI=1S/C15H22IN3O2/c1-15(2,3)21-14(20)18-7-6-12-11(9-18)13(16)17-19(12)8-10-4-5-10/h10H,4-9H2,1-3H3. The Morgan fingerprint density at radius 1 is 1.43 bits per heavy atom. The van der Waals surface area contributed by atoms with E-state index in [1.807, 2.05) is 20.8 Å². The molecule has 0 unspecified atom stereocenters. The number of fused-ring (bicyclic) bond motifs is 1. The van der Waals surface area contributed by atoms with Gasteiger partial charge in [0.15, 0.2) is 0 Å². The van der Waals surface area contributed by atoms with E-state index in [4.69, 9.17) is 4.74 Å². The first kappa shape index (κ1) is 15.1. The lowest BCUT2D eigenvalue weighted by Gasteiger charge is -2.30. The molecule has 1 aromatic heterocycles. The van der Waals surface area contributed by atoms with E-state index >= 15 is 0 Å². The Labute approximate surface area is 139 Å². The number of hydrogen-bond acceptors (Lipinski definition) is 3. The van der Waals surface area contributed by atoms with Crippen molar-refractivity contribution in [2.45, 2.75) is 58.7 Å². The van der Waals surface area contributed by atoms with Crippen LogP contribution < -0.4 is 0 Å². The zero-order chi connectivity index (χ0) is 15.2. The number of ether oxygens (including phenoxy) is 1. The number of nitrogens with zero attached hydrogens (tertiary/aromatic N) is 3. The zero-order valence-electron chi connectivity index (χ0n) is 12.9. The van der Waals surface area contributed by atoms with Crippen molar-refractivity contribution >= 4 is 28.7 Å². The van der Waals surface area contributed by atoms with Crippen molar-refractivity contribution in [3.05, 3.63) is 15.0 Å². The lowest BCUT2D eigenvalue weighted by Crippen LogP contribution is -2.40. The summed E-state index contributed by atoms with van der Waals surface area (Å²) in [6.45, 7) is 8.08. The van der Waals surface area contributed by atoms with E-state index in [1.54, 1.807) is 4.90 Å². The van der Waals surface area contributed by atoms with Gasteiger partial charge in [0.2, 0.25) is 0 Å². The predicted octanol–water partition coefficient (Wildman–Crippen LogP) is 3.19. The van der Waals surface area contributed by atoms with E-state index in [9.17, 15) is 4.79 Å². The van der Waals surface area contributed by atoms with Gasteiger partial charge >= 0.3 is 6.09 Å². The molecule has 0 bridgehead atoms. The van der Waals surface area contributed by atoms with Crippen molar-refractivity contribution in [3.63, 3.8) is 0 Å². The molecule has 0 saturated heterocycles. The number of halogens is 1. The number of amides is 1. The lowest BCUT2D eigenvalue weighted by atomic mass is 10.1. The molecule has 0 spiro atoms. The van der Waals surface area contributed by atoms with Crippen molar-refractivity contribution in [3.8, 4) is 0 Å². The highest BCUT2D eigenvalue weighted by atomic mass is 127. The molecule has 5 nitrogen and oxygen atoms in total. The van der Waals surface area contributed by atoms with Crippen molar-refractivity contribution in [1.82, 2.24) is 14.7 Å². The molecule has 116 valence electrons. The third-order valence-electron chi connectivity index (χ3n) is 3.86. The molecule has 2 heterocycles. The first-order valence-electron chi connectivity index (χ1n) is 7.55. The average Bonchev–Trinajstić information content (AvgIpc) is 3.13. The molecule has 1 aliphatic carbocycles. The molecule has 1 aliphatic heterocycles. The zero-order valence-corrected chi connectivity index (χ0v) is 15.0. The summed E-state index contributed by atoms with van der Waals surface area (Å²) in [5.41, 5.74) is 2.07. The van der Waals surface area contributed by atoms with Crippen LogP contribution in [-0.2, 0) is 24.2 Å². The largest absolute Gasteiger partial charge is 0.444 e. The first-order valence-corrected chi connectivity index (χ1v) is 8.63. The fourth-order valence-corrected chi connectivity index (χ4v) is 3.37. The van der Waals surface area contributed by atoms with Crippen molar-refractivity contribution in [1.29, 1.82) is 0 Å². The second kappa shape index (κ2) is 5.44. The van der Waals surface area contributed by atoms with Crippen molar-refractivity contribution in [2.24, 2.45) is 5.92 Å². The van der Waals surface area contributed by atoms with Gasteiger partial charge in [-0.2, -0.15) is 5.10 Å². The minimum absolute atomic E-state index is 0.223. The average molecular weight is 403 g/mol. The Morgan fingerprint density at radius 2 is 2.14 bits per heavy atom. The third-order valence-corrected chi connectivity index (χ3v) is 4.73. The van der Waals surface area contributed by atoms with Gasteiger partial charge in [-0.05, 0) is 62.1 Å². The van der Waals surface area contributed by atoms with Gasteiger partial charge in [0.05, 0.1) is 6.54 Å². The Morgan fingerprint density at radius 3 is 2.76 bits per heavy atom. The van der Waals surface area contributed by atoms with Crippen LogP contribution in [0, 0.1) is 9.62 Å². The summed E-state index contributed by atoms with van der Waals surface area (Å²) in [4.78, 5) is 14.0. The highest BCUT2D eigenvalue weighted by Gasteiger charge is 2.31. The number of rotatable bonds is 2. The van der Waals surface area contributed by atoms with E-state index in [1.165, 1.54) is 24.1 Å². The van der Waals surface area contributed by atoms with Gasteiger partial charge in [-0.1, -0.05) is 0 Å². The summed E-state index contributed by atoms with van der Waals surface area (Å²) in [5, 5.41) is 4.67. The minimum Gasteiger partial charge on any atom is -0.444 e. The van der Waals surface area contributed by atoms with Gasteiger partial charge in [0.25, 0.3) is 0 Å². The molecule has 0 atom stereocenters. The molecule has 2 aliphatic rings. The molecule has 0 radical (unpaired) electrons. The van der Waals surface area contributed by atoms with Crippen LogP contribution in [0.5, 0.6) is 0 Å². The second-order valence-electron chi connectivity index (χ2n) is 6.99. The van der Waals surface area contributed by atoms with Gasteiger partial charge in [-0.15, -0.1) is 0 Å². The number of aromatic nitrogens is 2. The maximum Gasteiger partial charge on any atom is 0.410 e.